The van der Waals surface area contributed by atoms with E-state index in [1.54, 1.807) is 42.5 Å². The Morgan fingerprint density at radius 3 is 2.57 bits per heavy atom. The molecular formula is C21H21ClFN3O2. The quantitative estimate of drug-likeness (QED) is 0.651. The minimum Gasteiger partial charge on any atom is -0.439 e. The van der Waals surface area contributed by atoms with Gasteiger partial charge in [-0.15, -0.1) is 12.4 Å². The Bertz CT molecular complexity index is 949. The first-order chi connectivity index (χ1) is 13.0. The van der Waals surface area contributed by atoms with Crippen LogP contribution in [0.25, 0.3) is 0 Å². The topological polar surface area (TPSA) is 77.2 Å². The molecule has 7 heteroatoms. The number of ether oxygens (including phenoxy) is 1. The fourth-order valence-corrected chi connectivity index (χ4v) is 2.59. The van der Waals surface area contributed by atoms with E-state index in [4.69, 9.17) is 10.5 Å². The summed E-state index contributed by atoms with van der Waals surface area (Å²) >= 11 is 0. The molecule has 28 heavy (non-hydrogen) atoms. The van der Waals surface area contributed by atoms with Crippen LogP contribution < -0.4 is 15.8 Å². The fourth-order valence-electron chi connectivity index (χ4n) is 2.59. The Hall–Kier alpha value is -2.96. The molecule has 0 atom stereocenters. The van der Waals surface area contributed by atoms with Gasteiger partial charge in [0.2, 0.25) is 5.88 Å². The Labute approximate surface area is 169 Å². The molecule has 0 saturated heterocycles. The van der Waals surface area contributed by atoms with Crippen LogP contribution >= 0.6 is 12.4 Å². The average molecular weight is 402 g/mol. The number of halogens is 2. The van der Waals surface area contributed by atoms with Crippen LogP contribution in [0.15, 0.2) is 60.7 Å². The van der Waals surface area contributed by atoms with Gasteiger partial charge >= 0.3 is 0 Å². The van der Waals surface area contributed by atoms with Crippen molar-refractivity contribution in [3.05, 3.63) is 88.9 Å². The van der Waals surface area contributed by atoms with Gasteiger partial charge in [-0.05, 0) is 54.4 Å². The summed E-state index contributed by atoms with van der Waals surface area (Å²) in [5.41, 5.74) is 8.68. The number of aryl methyl sites for hydroxylation is 1. The number of hydrogen-bond acceptors (Lipinski definition) is 4. The van der Waals surface area contributed by atoms with Crippen LogP contribution in [0, 0.1) is 12.7 Å². The number of carbonyl (C=O) groups is 1. The zero-order valence-electron chi connectivity index (χ0n) is 15.3. The van der Waals surface area contributed by atoms with Gasteiger partial charge in [-0.2, -0.15) is 0 Å². The van der Waals surface area contributed by atoms with E-state index in [-0.39, 0.29) is 24.1 Å². The molecule has 1 heterocycles. The molecule has 0 aliphatic carbocycles. The van der Waals surface area contributed by atoms with Gasteiger partial charge in [0, 0.05) is 30.4 Å². The van der Waals surface area contributed by atoms with Gasteiger partial charge in [-0.1, -0.05) is 18.2 Å². The van der Waals surface area contributed by atoms with Gasteiger partial charge in [0.1, 0.15) is 11.6 Å². The predicted molar refractivity (Wildman–Crippen MR) is 108 cm³/mol. The van der Waals surface area contributed by atoms with Crippen molar-refractivity contribution in [1.29, 1.82) is 0 Å². The van der Waals surface area contributed by atoms with Crippen LogP contribution in [0.2, 0.25) is 0 Å². The summed E-state index contributed by atoms with van der Waals surface area (Å²) in [7, 11) is 0. The normalized spacial score (nSPS) is 10.1. The maximum Gasteiger partial charge on any atom is 0.251 e. The van der Waals surface area contributed by atoms with Crippen molar-refractivity contribution in [3.8, 4) is 11.6 Å². The molecule has 146 valence electrons. The Balaban J connectivity index is 0.00000280. The summed E-state index contributed by atoms with van der Waals surface area (Å²) in [6.45, 7) is 2.57. The minimum absolute atomic E-state index is 0. The van der Waals surface area contributed by atoms with Crippen molar-refractivity contribution in [3.63, 3.8) is 0 Å². The van der Waals surface area contributed by atoms with Crippen molar-refractivity contribution in [2.45, 2.75) is 20.0 Å². The zero-order valence-corrected chi connectivity index (χ0v) is 16.1. The van der Waals surface area contributed by atoms with E-state index < -0.39 is 0 Å². The third-order valence-corrected chi connectivity index (χ3v) is 3.91. The van der Waals surface area contributed by atoms with Gasteiger partial charge in [0.05, 0.1) is 0 Å². The third kappa shape index (κ3) is 5.77. The maximum absolute atomic E-state index is 12.9. The molecular weight excluding hydrogens is 381 g/mol. The van der Waals surface area contributed by atoms with E-state index in [9.17, 15) is 9.18 Å². The molecule has 0 aliphatic rings. The highest BCUT2D eigenvalue weighted by atomic mass is 35.5. The van der Waals surface area contributed by atoms with E-state index >= 15 is 0 Å². The lowest BCUT2D eigenvalue weighted by molar-refractivity contribution is 0.0950. The maximum atomic E-state index is 12.9. The first-order valence-electron chi connectivity index (χ1n) is 8.51. The highest BCUT2D eigenvalue weighted by Gasteiger charge is 2.08. The number of benzene rings is 2. The minimum atomic E-state index is -0.308. The summed E-state index contributed by atoms with van der Waals surface area (Å²) < 4.78 is 18.7. The molecule has 1 aromatic heterocycles. The molecule has 0 fully saturated rings. The monoisotopic (exact) mass is 401 g/mol. The van der Waals surface area contributed by atoms with Gasteiger partial charge in [-0.3, -0.25) is 4.79 Å². The molecule has 3 aromatic rings. The summed E-state index contributed by atoms with van der Waals surface area (Å²) in [5.74, 6) is 0.381. The van der Waals surface area contributed by atoms with Crippen molar-refractivity contribution in [2.24, 2.45) is 5.73 Å². The third-order valence-electron chi connectivity index (χ3n) is 3.91. The van der Waals surface area contributed by atoms with Crippen molar-refractivity contribution in [2.75, 3.05) is 0 Å². The van der Waals surface area contributed by atoms with Gasteiger partial charge < -0.3 is 15.8 Å². The molecule has 5 nitrogen and oxygen atoms in total. The molecule has 0 radical (unpaired) electrons. The fraction of sp³-hybridized carbons (Fsp3) is 0.143. The second-order valence-electron chi connectivity index (χ2n) is 6.10. The molecule has 2 aromatic carbocycles. The smallest absolute Gasteiger partial charge is 0.251 e. The molecule has 0 aliphatic heterocycles. The van der Waals surface area contributed by atoms with Crippen LogP contribution in [0.3, 0.4) is 0 Å². The molecule has 0 saturated carbocycles. The molecule has 3 rings (SSSR count). The predicted octanol–water partition coefficient (Wildman–Crippen LogP) is 4.13. The number of rotatable bonds is 6. The van der Waals surface area contributed by atoms with Crippen LogP contribution in [0.1, 0.15) is 27.2 Å². The Morgan fingerprint density at radius 2 is 1.86 bits per heavy atom. The van der Waals surface area contributed by atoms with Gasteiger partial charge in [0.15, 0.2) is 0 Å². The number of pyridine rings is 1. The molecule has 0 unspecified atom stereocenters. The van der Waals surface area contributed by atoms with E-state index in [1.807, 2.05) is 13.0 Å². The largest absolute Gasteiger partial charge is 0.439 e. The lowest BCUT2D eigenvalue weighted by Crippen LogP contribution is -2.22. The van der Waals surface area contributed by atoms with Crippen LogP contribution in [0.5, 0.6) is 11.6 Å². The van der Waals surface area contributed by atoms with Crippen LogP contribution in [-0.2, 0) is 13.1 Å². The summed E-state index contributed by atoms with van der Waals surface area (Å²) in [6.07, 6.45) is 0. The van der Waals surface area contributed by atoms with E-state index in [2.05, 4.69) is 10.3 Å². The molecule has 3 N–H and O–H groups in total. The number of nitrogens with one attached hydrogen (secondary N) is 1. The number of amides is 1. The van der Waals surface area contributed by atoms with E-state index in [0.29, 0.717) is 30.3 Å². The number of aromatic nitrogens is 1. The molecule has 1 amide bonds. The van der Waals surface area contributed by atoms with E-state index in [0.717, 1.165) is 16.8 Å². The Morgan fingerprint density at radius 1 is 1.11 bits per heavy atom. The van der Waals surface area contributed by atoms with Crippen molar-refractivity contribution < 1.29 is 13.9 Å². The first-order valence-corrected chi connectivity index (χ1v) is 8.51. The molecule has 0 spiro atoms. The van der Waals surface area contributed by atoms with Crippen molar-refractivity contribution >= 4 is 18.3 Å². The molecule has 0 bridgehead atoms. The standard InChI is InChI=1S/C21H20FN3O2.ClH/c1-14-9-16(12-23)10-20(25-14)27-19-4-2-3-17(11-19)21(26)24-13-15-5-7-18(22)8-6-15;/h2-11H,12-13,23H2,1H3,(H,24,26);1H. The second-order valence-corrected chi connectivity index (χ2v) is 6.10. The second kappa shape index (κ2) is 9.82. The van der Waals surface area contributed by atoms with E-state index in [1.165, 1.54) is 12.1 Å². The highest BCUT2D eigenvalue weighted by Crippen LogP contribution is 2.22. The lowest BCUT2D eigenvalue weighted by Gasteiger charge is -2.09. The van der Waals surface area contributed by atoms with Crippen LogP contribution in [0.4, 0.5) is 4.39 Å². The van der Waals surface area contributed by atoms with Crippen LogP contribution in [-0.4, -0.2) is 10.9 Å². The number of hydrogen-bond donors (Lipinski definition) is 2. The summed E-state index contributed by atoms with van der Waals surface area (Å²) in [5, 5.41) is 2.80. The lowest BCUT2D eigenvalue weighted by atomic mass is 10.2. The summed E-state index contributed by atoms with van der Waals surface area (Å²) in [4.78, 5) is 16.7. The first kappa shape index (κ1) is 21.3. The Kier molecular flexibility index (Phi) is 7.49. The number of nitrogens with zero attached hydrogens (tertiary/aromatic N) is 1. The number of nitrogens with two attached hydrogens (primary N) is 1. The van der Waals surface area contributed by atoms with Crippen molar-refractivity contribution in [1.82, 2.24) is 10.3 Å². The van der Waals surface area contributed by atoms with Gasteiger partial charge in [-0.25, -0.2) is 9.37 Å². The highest BCUT2D eigenvalue weighted by molar-refractivity contribution is 5.94. The van der Waals surface area contributed by atoms with Gasteiger partial charge in [0.25, 0.3) is 5.91 Å². The average Bonchev–Trinajstić information content (AvgIpc) is 2.67. The SMILES string of the molecule is Cc1cc(CN)cc(Oc2cccc(C(=O)NCc3ccc(F)cc3)c2)n1.Cl. The number of carbonyl (C=O) groups excluding carboxylic acids is 1. The summed E-state index contributed by atoms with van der Waals surface area (Å²) in [6, 6.07) is 16.5. The zero-order chi connectivity index (χ0) is 19.2.